The van der Waals surface area contributed by atoms with Gasteiger partial charge in [-0.05, 0) is 40.5 Å². The normalized spacial score (nSPS) is 16.0. The van der Waals surface area contributed by atoms with E-state index >= 15 is 0 Å². The molecule has 0 aromatic heterocycles. The van der Waals surface area contributed by atoms with Crippen LogP contribution in [-0.4, -0.2) is 79.2 Å². The van der Waals surface area contributed by atoms with Gasteiger partial charge in [0.25, 0.3) is 0 Å². The SMILES string of the molecule is C=C(C)C(=O)OCCC[Si](O)(OCC)O[Si](O)(O[Si](O)(CCCOC(=O)C(=C)C)OCC)c1ccccc1. The predicted octanol–water partition coefficient (Wildman–Crippen LogP) is 1.81. The van der Waals surface area contributed by atoms with Crippen LogP contribution in [0.3, 0.4) is 0 Å². The molecule has 0 aliphatic heterocycles. The van der Waals surface area contributed by atoms with Gasteiger partial charge in [0.1, 0.15) is 0 Å². The van der Waals surface area contributed by atoms with E-state index in [4.69, 9.17) is 26.6 Å². The molecule has 1 aromatic carbocycles. The van der Waals surface area contributed by atoms with Crippen molar-refractivity contribution in [2.24, 2.45) is 0 Å². The summed E-state index contributed by atoms with van der Waals surface area (Å²) in [6.07, 6.45) is 0.366. The molecule has 2 atom stereocenters. The largest absolute Gasteiger partial charge is 0.519 e. The van der Waals surface area contributed by atoms with Gasteiger partial charge in [0.15, 0.2) is 0 Å². The van der Waals surface area contributed by atoms with Gasteiger partial charge < -0.3 is 40.9 Å². The maximum atomic E-state index is 11.7. The lowest BCUT2D eigenvalue weighted by Crippen LogP contribution is -2.67. The molecule has 0 spiro atoms. The minimum absolute atomic E-state index is 0.0237. The molecule has 1 aromatic rings. The maximum absolute atomic E-state index is 11.7. The van der Waals surface area contributed by atoms with E-state index in [0.717, 1.165) is 0 Å². The first-order chi connectivity index (χ1) is 17.8. The van der Waals surface area contributed by atoms with Crippen molar-refractivity contribution in [3.63, 3.8) is 0 Å². The lowest BCUT2D eigenvalue weighted by Gasteiger charge is -2.37. The Kier molecular flexibility index (Phi) is 14.5. The molecule has 3 N–H and O–H groups in total. The van der Waals surface area contributed by atoms with E-state index in [1.807, 2.05) is 0 Å². The molecule has 2 unspecified atom stereocenters. The van der Waals surface area contributed by atoms with Gasteiger partial charge in [-0.3, -0.25) is 0 Å². The molecule has 11 nitrogen and oxygen atoms in total. The number of carbonyl (C=O) groups excluding carboxylic acids is 2. The van der Waals surface area contributed by atoms with Crippen LogP contribution in [0.2, 0.25) is 12.1 Å². The minimum Gasteiger partial charge on any atom is -0.462 e. The number of esters is 2. The highest BCUT2D eigenvalue weighted by atomic mass is 28.5. The Labute approximate surface area is 227 Å². The van der Waals surface area contributed by atoms with E-state index in [9.17, 15) is 24.0 Å². The highest BCUT2D eigenvalue weighted by Gasteiger charge is 2.56. The highest BCUT2D eigenvalue weighted by Crippen LogP contribution is 2.24. The molecular weight excluding hydrogens is 549 g/mol. The summed E-state index contributed by atoms with van der Waals surface area (Å²) in [5.74, 6) is -1.12. The molecule has 0 aliphatic carbocycles. The Morgan fingerprint density at radius 3 is 1.50 bits per heavy atom. The van der Waals surface area contributed by atoms with E-state index in [1.54, 1.807) is 44.2 Å². The summed E-state index contributed by atoms with van der Waals surface area (Å²) < 4.78 is 33.1. The van der Waals surface area contributed by atoms with Gasteiger partial charge in [-0.25, -0.2) is 9.59 Å². The van der Waals surface area contributed by atoms with Crippen LogP contribution in [0.15, 0.2) is 54.6 Å². The van der Waals surface area contributed by atoms with Crippen LogP contribution in [0.25, 0.3) is 0 Å². The van der Waals surface area contributed by atoms with Gasteiger partial charge in [0, 0.05) is 41.6 Å². The Morgan fingerprint density at radius 1 is 0.763 bits per heavy atom. The van der Waals surface area contributed by atoms with E-state index in [2.05, 4.69) is 13.2 Å². The molecule has 0 bridgehead atoms. The second-order valence-corrected chi connectivity index (χ2v) is 16.3. The van der Waals surface area contributed by atoms with E-state index in [0.29, 0.717) is 0 Å². The Morgan fingerprint density at radius 2 is 1.16 bits per heavy atom. The molecule has 1 rings (SSSR count). The van der Waals surface area contributed by atoms with Crippen molar-refractivity contribution in [3.8, 4) is 0 Å². The summed E-state index contributed by atoms with van der Waals surface area (Å²) in [6.45, 7) is 13.5. The molecule has 0 aliphatic rings. The number of rotatable bonds is 19. The topological polar surface area (TPSA) is 150 Å². The van der Waals surface area contributed by atoms with Crippen LogP contribution in [-0.2, 0) is 36.1 Å². The molecule has 38 heavy (non-hydrogen) atoms. The lowest BCUT2D eigenvalue weighted by molar-refractivity contribution is -0.139. The summed E-state index contributed by atoms with van der Waals surface area (Å²) in [7, 11) is -12.8. The second-order valence-electron chi connectivity index (χ2n) is 8.48. The average Bonchev–Trinajstić information content (AvgIpc) is 2.84. The molecule has 0 radical (unpaired) electrons. The molecule has 14 heteroatoms. The van der Waals surface area contributed by atoms with Crippen molar-refractivity contribution in [2.45, 2.75) is 52.6 Å². The molecule has 0 saturated heterocycles. The van der Waals surface area contributed by atoms with Crippen molar-refractivity contribution in [1.29, 1.82) is 0 Å². The van der Waals surface area contributed by atoms with Gasteiger partial charge in [-0.1, -0.05) is 43.5 Å². The highest BCUT2D eigenvalue weighted by molar-refractivity contribution is 6.87. The van der Waals surface area contributed by atoms with Gasteiger partial charge >= 0.3 is 38.4 Å². The fourth-order valence-electron chi connectivity index (χ4n) is 3.14. The van der Waals surface area contributed by atoms with Gasteiger partial charge in [-0.2, -0.15) is 0 Å². The zero-order valence-electron chi connectivity index (χ0n) is 22.6. The number of benzene rings is 1. The van der Waals surface area contributed by atoms with Crippen LogP contribution < -0.4 is 5.19 Å². The van der Waals surface area contributed by atoms with Gasteiger partial charge in [0.05, 0.1) is 13.2 Å². The number of hydrogen-bond acceptors (Lipinski definition) is 11. The van der Waals surface area contributed by atoms with Crippen LogP contribution >= 0.6 is 0 Å². The van der Waals surface area contributed by atoms with Gasteiger partial charge in [-0.15, -0.1) is 0 Å². The van der Waals surface area contributed by atoms with Crippen molar-refractivity contribution in [1.82, 2.24) is 0 Å². The zero-order valence-corrected chi connectivity index (χ0v) is 25.6. The molecule has 0 saturated carbocycles. The van der Waals surface area contributed by atoms with E-state index in [1.165, 1.54) is 13.8 Å². The quantitative estimate of drug-likeness (QED) is 0.0940. The summed E-state index contributed by atoms with van der Waals surface area (Å²) in [4.78, 5) is 57.6. The van der Waals surface area contributed by atoms with E-state index in [-0.39, 0.29) is 67.7 Å². The summed E-state index contributed by atoms with van der Waals surface area (Å²) in [5.41, 5.74) is 0.486. The Bertz CT molecular complexity index is 878. The Balaban J connectivity index is 3.12. The molecular formula is C24H40O11Si3. The number of ether oxygens (including phenoxy) is 2. The van der Waals surface area contributed by atoms with Crippen molar-refractivity contribution in [3.05, 3.63) is 54.6 Å². The van der Waals surface area contributed by atoms with Crippen LogP contribution in [0.1, 0.15) is 40.5 Å². The number of hydrogen-bond donors (Lipinski definition) is 3. The third kappa shape index (κ3) is 11.8. The van der Waals surface area contributed by atoms with E-state index < -0.39 is 38.4 Å². The average molecular weight is 589 g/mol. The monoisotopic (exact) mass is 588 g/mol. The summed E-state index contributed by atoms with van der Waals surface area (Å²) >= 11 is 0. The smallest absolute Gasteiger partial charge is 0.462 e. The fourth-order valence-corrected chi connectivity index (χ4v) is 12.4. The predicted molar refractivity (Wildman–Crippen MR) is 146 cm³/mol. The van der Waals surface area contributed by atoms with Crippen LogP contribution in [0, 0.1) is 0 Å². The standard InChI is InChI=1S/C24H40O11Si3/c1-7-32-36(27,18-12-16-30-23(25)20(3)4)34-38(29,22-14-10-9-11-15-22)35-37(28,33-8-2)19-13-17-31-24(26)21(5)6/h9-11,14-15,27-29H,3,5,7-8,12-13,16-19H2,1-2,4,6H3. The van der Waals surface area contributed by atoms with Crippen LogP contribution in [0.5, 0.6) is 0 Å². The van der Waals surface area contributed by atoms with Crippen LogP contribution in [0.4, 0.5) is 0 Å². The lowest BCUT2D eigenvalue weighted by atomic mass is 10.4. The maximum Gasteiger partial charge on any atom is 0.519 e. The van der Waals surface area contributed by atoms with Gasteiger partial charge in [0.2, 0.25) is 0 Å². The molecule has 214 valence electrons. The first kappa shape index (κ1) is 34.0. The Hall–Kier alpha value is -1.99. The molecule has 0 fully saturated rings. The summed E-state index contributed by atoms with van der Waals surface area (Å²) in [6, 6.07) is 8.02. The zero-order chi connectivity index (χ0) is 28.8. The van der Waals surface area contributed by atoms with Crippen molar-refractivity contribution < 1.29 is 50.5 Å². The first-order valence-corrected chi connectivity index (χ1v) is 18.1. The molecule has 0 heterocycles. The third-order valence-corrected chi connectivity index (χ3v) is 14.2. The number of carbonyl (C=O) groups is 2. The van der Waals surface area contributed by atoms with Crippen molar-refractivity contribution >= 4 is 43.5 Å². The first-order valence-electron chi connectivity index (χ1n) is 12.4. The summed E-state index contributed by atoms with van der Waals surface area (Å²) in [5, 5.41) is 0.221. The molecule has 0 amide bonds. The minimum atomic E-state index is -4.54. The second kappa shape index (κ2) is 16.2. The van der Waals surface area contributed by atoms with Crippen molar-refractivity contribution in [2.75, 3.05) is 26.4 Å². The fraction of sp³-hybridized carbons (Fsp3) is 0.500. The third-order valence-electron chi connectivity index (χ3n) is 4.91.